The quantitative estimate of drug-likeness (QED) is 0.492. The number of carbonyl (C=O) groups is 2. The normalized spacial score (nSPS) is 24.3. The van der Waals surface area contributed by atoms with Gasteiger partial charge in [-0.25, -0.2) is 4.98 Å². The fourth-order valence-electron chi connectivity index (χ4n) is 5.55. The minimum atomic E-state index is -0.199. The SMILES string of the molecule is COc1cc(C(C)n2cc(C(=O)NC3CC(c4cc(Cl)ccc4C#N)C3)cn2)cnc1N1C[C@H]2C[C@H]2C1=O. The zero-order valence-corrected chi connectivity index (χ0v) is 21.9. The van der Waals surface area contributed by atoms with Crippen LogP contribution in [0.4, 0.5) is 5.82 Å². The number of amides is 2. The van der Waals surface area contributed by atoms with E-state index in [4.69, 9.17) is 16.3 Å². The van der Waals surface area contributed by atoms with Crippen LogP contribution in [0, 0.1) is 23.2 Å². The molecule has 2 amide bonds. The third-order valence-electron chi connectivity index (χ3n) is 8.04. The molecule has 0 bridgehead atoms. The predicted molar refractivity (Wildman–Crippen MR) is 140 cm³/mol. The van der Waals surface area contributed by atoms with Crippen LogP contribution in [0.1, 0.15) is 65.2 Å². The lowest BCUT2D eigenvalue weighted by molar-refractivity contribution is -0.118. The number of nitrogens with zero attached hydrogens (tertiary/aromatic N) is 5. The number of methoxy groups -OCH3 is 1. The summed E-state index contributed by atoms with van der Waals surface area (Å²) >= 11 is 6.12. The highest BCUT2D eigenvalue weighted by molar-refractivity contribution is 6.30. The summed E-state index contributed by atoms with van der Waals surface area (Å²) in [5.41, 5.74) is 2.89. The van der Waals surface area contributed by atoms with Crippen LogP contribution < -0.4 is 15.0 Å². The molecule has 1 N–H and O–H groups in total. The molecular weight excluding hydrogens is 504 g/mol. The number of hydrogen-bond acceptors (Lipinski definition) is 6. The predicted octanol–water partition coefficient (Wildman–Crippen LogP) is 4.08. The van der Waals surface area contributed by atoms with E-state index in [0.717, 1.165) is 30.4 Å². The molecule has 1 aromatic carbocycles. The molecule has 2 saturated carbocycles. The number of hydrogen-bond donors (Lipinski definition) is 1. The molecule has 38 heavy (non-hydrogen) atoms. The van der Waals surface area contributed by atoms with Gasteiger partial charge in [0.1, 0.15) is 0 Å². The smallest absolute Gasteiger partial charge is 0.254 e. The first-order valence-electron chi connectivity index (χ1n) is 12.8. The van der Waals surface area contributed by atoms with Gasteiger partial charge in [-0.3, -0.25) is 19.2 Å². The lowest BCUT2D eigenvalue weighted by atomic mass is 9.74. The van der Waals surface area contributed by atoms with Crippen LogP contribution in [0.25, 0.3) is 0 Å². The maximum atomic E-state index is 12.9. The van der Waals surface area contributed by atoms with Gasteiger partial charge in [-0.2, -0.15) is 10.4 Å². The van der Waals surface area contributed by atoms with Crippen molar-refractivity contribution in [2.24, 2.45) is 11.8 Å². The van der Waals surface area contributed by atoms with Gasteiger partial charge in [0.2, 0.25) is 5.91 Å². The largest absolute Gasteiger partial charge is 0.493 e. The Bertz CT molecular complexity index is 1470. The van der Waals surface area contributed by atoms with Crippen LogP contribution in [0.5, 0.6) is 5.75 Å². The molecule has 1 saturated heterocycles. The summed E-state index contributed by atoms with van der Waals surface area (Å²) in [6.45, 7) is 2.66. The van der Waals surface area contributed by atoms with E-state index in [2.05, 4.69) is 21.5 Å². The van der Waals surface area contributed by atoms with Crippen LogP contribution in [-0.4, -0.2) is 46.3 Å². The number of carbonyl (C=O) groups excluding carboxylic acids is 2. The topological polar surface area (TPSA) is 113 Å². The molecule has 3 heterocycles. The van der Waals surface area contributed by atoms with E-state index in [0.29, 0.717) is 40.2 Å². The number of piperidine rings is 1. The molecule has 1 aliphatic heterocycles. The number of nitriles is 1. The molecule has 194 valence electrons. The highest BCUT2D eigenvalue weighted by Crippen LogP contribution is 2.48. The fraction of sp³-hybridized carbons (Fsp3) is 0.393. The number of ether oxygens (including phenoxy) is 1. The summed E-state index contributed by atoms with van der Waals surface area (Å²) < 4.78 is 7.29. The zero-order chi connectivity index (χ0) is 26.6. The second-order valence-electron chi connectivity index (χ2n) is 10.4. The summed E-state index contributed by atoms with van der Waals surface area (Å²) in [5, 5.41) is 17.5. The van der Waals surface area contributed by atoms with Crippen molar-refractivity contribution >= 4 is 29.2 Å². The van der Waals surface area contributed by atoms with Crippen molar-refractivity contribution in [2.45, 2.75) is 44.2 Å². The van der Waals surface area contributed by atoms with E-state index >= 15 is 0 Å². The van der Waals surface area contributed by atoms with E-state index in [1.165, 1.54) is 0 Å². The number of rotatable bonds is 7. The molecule has 3 aliphatic rings. The fourth-order valence-corrected chi connectivity index (χ4v) is 5.73. The molecule has 0 radical (unpaired) electrons. The number of aromatic nitrogens is 3. The van der Waals surface area contributed by atoms with Gasteiger partial charge in [0.05, 0.1) is 36.5 Å². The minimum absolute atomic E-state index is 0.0270. The molecular formula is C28H27ClN6O3. The van der Waals surface area contributed by atoms with Gasteiger partial charge in [0.15, 0.2) is 11.6 Å². The molecule has 3 fully saturated rings. The minimum Gasteiger partial charge on any atom is -0.493 e. The first-order chi connectivity index (χ1) is 18.4. The standard InChI is InChI=1S/C28H27ClN6O3/c1-15(18-8-25(38-2)26(31-11-18)34-13-19-7-24(19)28(34)37)35-14-20(12-32-35)27(36)33-22-5-17(6-22)23-9-21(29)4-3-16(23)10-30/h3-4,8-9,11-12,14-15,17,19,22,24H,5-7,13H2,1-2H3,(H,33,36)/t15?,17?,19-,22?,24-/m1/s1. The summed E-state index contributed by atoms with van der Waals surface area (Å²) in [5.74, 6) is 1.83. The van der Waals surface area contributed by atoms with E-state index in [9.17, 15) is 14.9 Å². The van der Waals surface area contributed by atoms with Crippen molar-refractivity contribution in [1.29, 1.82) is 5.26 Å². The van der Waals surface area contributed by atoms with Crippen molar-refractivity contribution in [2.75, 3.05) is 18.6 Å². The highest BCUT2D eigenvalue weighted by atomic mass is 35.5. The van der Waals surface area contributed by atoms with Crippen LogP contribution in [-0.2, 0) is 4.79 Å². The second kappa shape index (κ2) is 9.44. The Labute approximate surface area is 225 Å². The van der Waals surface area contributed by atoms with Crippen molar-refractivity contribution in [3.63, 3.8) is 0 Å². The molecule has 6 rings (SSSR count). The van der Waals surface area contributed by atoms with Gasteiger partial charge in [0, 0.05) is 35.9 Å². The Balaban J connectivity index is 1.09. The summed E-state index contributed by atoms with van der Waals surface area (Å²) in [6.07, 6.45) is 7.50. The summed E-state index contributed by atoms with van der Waals surface area (Å²) in [6, 6.07) is 9.24. The van der Waals surface area contributed by atoms with Crippen molar-refractivity contribution < 1.29 is 14.3 Å². The molecule has 2 aliphatic carbocycles. The number of fused-ring (bicyclic) bond motifs is 1. The van der Waals surface area contributed by atoms with Crippen LogP contribution in [0.2, 0.25) is 5.02 Å². The number of pyridine rings is 1. The van der Waals surface area contributed by atoms with Gasteiger partial charge in [-0.1, -0.05) is 11.6 Å². The van der Waals surface area contributed by atoms with Crippen molar-refractivity contribution in [1.82, 2.24) is 20.1 Å². The van der Waals surface area contributed by atoms with Gasteiger partial charge in [0.25, 0.3) is 5.91 Å². The molecule has 0 spiro atoms. The number of halogens is 1. The monoisotopic (exact) mass is 530 g/mol. The number of nitrogens with one attached hydrogen (secondary N) is 1. The average molecular weight is 531 g/mol. The van der Waals surface area contributed by atoms with Gasteiger partial charge < -0.3 is 10.1 Å². The Morgan fingerprint density at radius 2 is 2.08 bits per heavy atom. The van der Waals surface area contributed by atoms with E-state index < -0.39 is 0 Å². The van der Waals surface area contributed by atoms with Crippen LogP contribution >= 0.6 is 11.6 Å². The zero-order valence-electron chi connectivity index (χ0n) is 21.1. The van der Waals surface area contributed by atoms with E-state index in [1.54, 1.807) is 47.4 Å². The maximum Gasteiger partial charge on any atom is 0.254 e. The second-order valence-corrected chi connectivity index (χ2v) is 10.8. The molecule has 3 aromatic rings. The van der Waals surface area contributed by atoms with Crippen molar-refractivity contribution in [3.8, 4) is 11.8 Å². The number of benzene rings is 1. The molecule has 2 aromatic heterocycles. The van der Waals surface area contributed by atoms with E-state index in [1.807, 2.05) is 19.1 Å². The third kappa shape index (κ3) is 4.29. The number of anilines is 1. The lowest BCUT2D eigenvalue weighted by Gasteiger charge is -2.36. The summed E-state index contributed by atoms with van der Waals surface area (Å²) in [4.78, 5) is 31.7. The first-order valence-corrected chi connectivity index (χ1v) is 13.1. The Morgan fingerprint density at radius 1 is 1.26 bits per heavy atom. The third-order valence-corrected chi connectivity index (χ3v) is 8.28. The molecule has 9 nitrogen and oxygen atoms in total. The van der Waals surface area contributed by atoms with Gasteiger partial charge in [-0.05, 0) is 73.4 Å². The maximum absolute atomic E-state index is 12.9. The van der Waals surface area contributed by atoms with Gasteiger partial charge >= 0.3 is 0 Å². The first kappa shape index (κ1) is 24.4. The Kier molecular flexibility index (Phi) is 6.07. The molecule has 10 heteroatoms. The average Bonchev–Trinajstić information content (AvgIpc) is 3.36. The Hall–Kier alpha value is -3.90. The van der Waals surface area contributed by atoms with Crippen LogP contribution in [0.3, 0.4) is 0 Å². The van der Waals surface area contributed by atoms with E-state index in [-0.39, 0.29) is 35.7 Å². The van der Waals surface area contributed by atoms with Crippen molar-refractivity contribution in [3.05, 3.63) is 70.1 Å². The molecule has 1 unspecified atom stereocenters. The molecule has 3 atom stereocenters. The highest BCUT2D eigenvalue weighted by Gasteiger charge is 2.53. The Morgan fingerprint density at radius 3 is 2.79 bits per heavy atom. The van der Waals surface area contributed by atoms with Gasteiger partial charge in [-0.15, -0.1) is 0 Å². The summed E-state index contributed by atoms with van der Waals surface area (Å²) in [7, 11) is 1.57. The lowest BCUT2D eigenvalue weighted by Crippen LogP contribution is -2.43. The van der Waals surface area contributed by atoms with Crippen LogP contribution in [0.15, 0.2) is 42.9 Å².